The van der Waals surface area contributed by atoms with Crippen LogP contribution in [0.4, 0.5) is 5.69 Å². The molecule has 2 aromatic rings. The average molecular weight is 409 g/mol. The Morgan fingerprint density at radius 1 is 1.14 bits per heavy atom. The fourth-order valence-corrected chi connectivity index (χ4v) is 6.14. The summed E-state index contributed by atoms with van der Waals surface area (Å²) in [6, 6.07) is 2.70. The Kier molecular flexibility index (Phi) is 4.20. The second-order valence-corrected chi connectivity index (χ2v) is 10.1. The van der Waals surface area contributed by atoms with Crippen molar-refractivity contribution in [1.82, 2.24) is 14.9 Å². The summed E-state index contributed by atoms with van der Waals surface area (Å²) < 4.78 is 0. The van der Waals surface area contributed by atoms with Crippen molar-refractivity contribution >= 4 is 22.6 Å². The van der Waals surface area contributed by atoms with E-state index < -0.39 is 0 Å². The average Bonchev–Trinajstić information content (AvgIpc) is 3.18. The highest BCUT2D eigenvalue weighted by Gasteiger charge is 2.45. The van der Waals surface area contributed by atoms with Crippen LogP contribution < -0.4 is 10.5 Å². The molecule has 0 unspecified atom stereocenters. The van der Waals surface area contributed by atoms with E-state index in [0.29, 0.717) is 11.5 Å². The SMILES string of the molecule is O=c1[nH]c(C2=C[C@H](N3CCN(c4ccsc4)CC3)CC2)nc2c1CC1(CC2)CC1. The number of fused-ring (bicyclic) bond motifs is 1. The largest absolute Gasteiger partial charge is 0.368 e. The quantitative estimate of drug-likeness (QED) is 0.845. The Morgan fingerprint density at radius 3 is 2.76 bits per heavy atom. The van der Waals surface area contributed by atoms with E-state index in [1.165, 1.54) is 30.5 Å². The third-order valence-electron chi connectivity index (χ3n) is 7.56. The molecule has 5 nitrogen and oxygen atoms in total. The highest BCUT2D eigenvalue weighted by molar-refractivity contribution is 7.08. The van der Waals surface area contributed by atoms with Crippen LogP contribution in [0.15, 0.2) is 27.7 Å². The molecule has 2 aromatic heterocycles. The molecule has 1 saturated heterocycles. The molecule has 0 bridgehead atoms. The number of allylic oxidation sites excluding steroid dienone is 1. The third kappa shape index (κ3) is 3.26. The minimum atomic E-state index is 0.115. The molecule has 1 N–H and O–H groups in total. The summed E-state index contributed by atoms with van der Waals surface area (Å²) in [7, 11) is 0. The first-order valence-corrected chi connectivity index (χ1v) is 12.0. The van der Waals surface area contributed by atoms with E-state index in [2.05, 4.69) is 37.7 Å². The molecule has 0 radical (unpaired) electrons. The van der Waals surface area contributed by atoms with Gasteiger partial charge in [0.2, 0.25) is 0 Å². The topological polar surface area (TPSA) is 52.2 Å². The number of H-pyrrole nitrogens is 1. The number of hydrogen-bond acceptors (Lipinski definition) is 5. The fourth-order valence-electron chi connectivity index (χ4n) is 5.47. The van der Waals surface area contributed by atoms with Crippen molar-refractivity contribution < 1.29 is 0 Å². The Labute approximate surface area is 175 Å². The van der Waals surface area contributed by atoms with Crippen molar-refractivity contribution in [2.45, 2.75) is 51.0 Å². The monoisotopic (exact) mass is 408 g/mol. The lowest BCUT2D eigenvalue weighted by atomic mass is 9.84. The number of hydrogen-bond donors (Lipinski definition) is 1. The van der Waals surface area contributed by atoms with Crippen LogP contribution >= 0.6 is 11.3 Å². The molecule has 1 atom stereocenters. The summed E-state index contributed by atoms with van der Waals surface area (Å²) in [5, 5.41) is 4.40. The highest BCUT2D eigenvalue weighted by atomic mass is 32.1. The maximum absolute atomic E-state index is 12.8. The predicted octanol–water partition coefficient (Wildman–Crippen LogP) is 3.47. The lowest BCUT2D eigenvalue weighted by molar-refractivity contribution is 0.214. The highest BCUT2D eigenvalue weighted by Crippen LogP contribution is 2.53. The molecule has 1 spiro atoms. The number of nitrogens with one attached hydrogen (secondary N) is 1. The van der Waals surface area contributed by atoms with Gasteiger partial charge in [-0.2, -0.15) is 11.3 Å². The Balaban J connectivity index is 1.17. The normalized spacial score (nSPS) is 25.9. The van der Waals surface area contributed by atoms with Crippen LogP contribution in [-0.4, -0.2) is 47.1 Å². The van der Waals surface area contributed by atoms with Gasteiger partial charge in [-0.1, -0.05) is 6.08 Å². The van der Waals surface area contributed by atoms with Gasteiger partial charge in [-0.05, 0) is 67.4 Å². The summed E-state index contributed by atoms with van der Waals surface area (Å²) >= 11 is 1.77. The number of thiophene rings is 1. The summed E-state index contributed by atoms with van der Waals surface area (Å²) in [5.74, 6) is 0.833. The van der Waals surface area contributed by atoms with Gasteiger partial charge in [0.25, 0.3) is 5.56 Å². The molecule has 0 aromatic carbocycles. The minimum absolute atomic E-state index is 0.115. The van der Waals surface area contributed by atoms with Gasteiger partial charge in [0.15, 0.2) is 0 Å². The van der Waals surface area contributed by atoms with Gasteiger partial charge >= 0.3 is 0 Å². The van der Waals surface area contributed by atoms with Gasteiger partial charge in [-0.3, -0.25) is 9.69 Å². The first kappa shape index (κ1) is 17.9. The van der Waals surface area contributed by atoms with Gasteiger partial charge in [0.1, 0.15) is 5.82 Å². The van der Waals surface area contributed by atoms with Crippen LogP contribution in [0.25, 0.3) is 5.57 Å². The molecule has 29 heavy (non-hydrogen) atoms. The van der Waals surface area contributed by atoms with Gasteiger partial charge in [0.05, 0.1) is 5.69 Å². The zero-order valence-electron chi connectivity index (χ0n) is 16.8. The van der Waals surface area contributed by atoms with E-state index in [4.69, 9.17) is 4.98 Å². The first-order chi connectivity index (χ1) is 14.2. The summed E-state index contributed by atoms with van der Waals surface area (Å²) in [6.45, 7) is 4.37. The van der Waals surface area contributed by atoms with Gasteiger partial charge in [-0.25, -0.2) is 4.98 Å². The fraction of sp³-hybridized carbons (Fsp3) is 0.565. The molecule has 6 heteroatoms. The predicted molar refractivity (Wildman–Crippen MR) is 118 cm³/mol. The van der Waals surface area contributed by atoms with Crippen LogP contribution in [0.2, 0.25) is 0 Å². The number of nitrogens with zero attached hydrogens (tertiary/aromatic N) is 3. The molecule has 0 amide bonds. The molecule has 4 aliphatic rings. The van der Waals surface area contributed by atoms with Crippen LogP contribution in [0.5, 0.6) is 0 Å². The first-order valence-electron chi connectivity index (χ1n) is 11.0. The van der Waals surface area contributed by atoms with Crippen molar-refractivity contribution in [3.8, 4) is 0 Å². The number of aryl methyl sites for hydroxylation is 1. The van der Waals surface area contributed by atoms with E-state index in [0.717, 1.165) is 68.9 Å². The number of anilines is 1. The molecular formula is C23H28N4OS. The molecule has 1 saturated carbocycles. The number of rotatable bonds is 3. The summed E-state index contributed by atoms with van der Waals surface area (Å²) in [4.78, 5) is 25.9. The third-order valence-corrected chi connectivity index (χ3v) is 8.23. The lowest BCUT2D eigenvalue weighted by Gasteiger charge is -2.38. The lowest BCUT2D eigenvalue weighted by Crippen LogP contribution is -2.49. The molecular weight excluding hydrogens is 380 g/mol. The number of aromatic nitrogens is 2. The molecule has 2 fully saturated rings. The Hall–Kier alpha value is -1.92. The smallest absolute Gasteiger partial charge is 0.254 e. The zero-order chi connectivity index (χ0) is 19.4. The van der Waals surface area contributed by atoms with E-state index in [1.807, 2.05) is 0 Å². The van der Waals surface area contributed by atoms with Gasteiger partial charge < -0.3 is 9.88 Å². The zero-order valence-corrected chi connectivity index (χ0v) is 17.6. The number of piperazine rings is 1. The second-order valence-electron chi connectivity index (χ2n) is 9.32. The van der Waals surface area contributed by atoms with Gasteiger partial charge in [-0.15, -0.1) is 0 Å². The minimum Gasteiger partial charge on any atom is -0.368 e. The van der Waals surface area contributed by atoms with Crippen LogP contribution in [0, 0.1) is 5.41 Å². The molecule has 1 aliphatic heterocycles. The number of aromatic amines is 1. The van der Waals surface area contributed by atoms with E-state index >= 15 is 0 Å². The summed E-state index contributed by atoms with van der Waals surface area (Å²) in [6.07, 6.45) is 10.2. The second kappa shape index (κ2) is 6.81. The molecule has 3 aliphatic carbocycles. The van der Waals surface area contributed by atoms with E-state index in [9.17, 15) is 4.79 Å². The van der Waals surface area contributed by atoms with E-state index in [-0.39, 0.29) is 5.56 Å². The van der Waals surface area contributed by atoms with Crippen LogP contribution in [-0.2, 0) is 12.8 Å². The summed E-state index contributed by atoms with van der Waals surface area (Å²) in [5.41, 5.74) is 5.20. The van der Waals surface area contributed by atoms with Gasteiger partial charge in [0, 0.05) is 48.9 Å². The molecule has 3 heterocycles. The van der Waals surface area contributed by atoms with Crippen molar-refractivity contribution in [3.05, 3.63) is 50.3 Å². The van der Waals surface area contributed by atoms with Crippen molar-refractivity contribution in [2.75, 3.05) is 31.1 Å². The van der Waals surface area contributed by atoms with Crippen LogP contribution in [0.1, 0.15) is 49.2 Å². The van der Waals surface area contributed by atoms with Crippen molar-refractivity contribution in [2.24, 2.45) is 5.41 Å². The van der Waals surface area contributed by atoms with E-state index in [1.54, 1.807) is 11.3 Å². The maximum atomic E-state index is 12.8. The van der Waals surface area contributed by atoms with Crippen molar-refractivity contribution in [1.29, 1.82) is 0 Å². The van der Waals surface area contributed by atoms with Crippen molar-refractivity contribution in [3.63, 3.8) is 0 Å². The Morgan fingerprint density at radius 2 is 2.00 bits per heavy atom. The maximum Gasteiger partial charge on any atom is 0.254 e. The van der Waals surface area contributed by atoms with Crippen LogP contribution in [0.3, 0.4) is 0 Å². The standard InChI is InChI=1S/C23H28N4OS/c28-22-19-14-23(6-7-23)5-3-20(19)24-21(25-22)16-1-2-17(13-16)26-8-10-27(11-9-26)18-4-12-29-15-18/h4,12-13,15,17H,1-3,5-11,14H2,(H,24,25,28)/t17-/m1/s1. The molecule has 152 valence electrons. The Bertz CT molecular complexity index is 996. The molecule has 6 rings (SSSR count).